The van der Waals surface area contributed by atoms with Crippen LogP contribution in [0, 0.1) is 0 Å². The molecule has 0 aromatic heterocycles. The molecule has 0 unspecified atom stereocenters. The van der Waals surface area contributed by atoms with Crippen molar-refractivity contribution in [3.63, 3.8) is 0 Å². The van der Waals surface area contributed by atoms with Gasteiger partial charge in [0.1, 0.15) is 11.5 Å². The zero-order chi connectivity index (χ0) is 11.6. The van der Waals surface area contributed by atoms with Crippen molar-refractivity contribution in [2.24, 2.45) is 0 Å². The average molecular weight is 279 g/mol. The quantitative estimate of drug-likeness (QED) is 0.689. The Morgan fingerprint density at radius 2 is 1.69 bits per heavy atom. The number of methoxy groups -OCH3 is 2. The van der Waals surface area contributed by atoms with Crippen LogP contribution in [0.5, 0.6) is 11.5 Å². The van der Waals surface area contributed by atoms with Gasteiger partial charge in [0.05, 0.1) is 19.2 Å². The summed E-state index contributed by atoms with van der Waals surface area (Å²) < 4.78 is 47.1. The second kappa shape index (κ2) is 6.51. The predicted octanol–water partition coefficient (Wildman–Crippen LogP) is -0.584. The van der Waals surface area contributed by atoms with Crippen molar-refractivity contribution in [3.05, 3.63) is 17.2 Å². The van der Waals surface area contributed by atoms with Crippen LogP contribution in [0.1, 0.15) is 0 Å². The van der Waals surface area contributed by atoms with E-state index < -0.39 is 17.5 Å². The molecule has 0 atom stereocenters. The molecule has 0 spiro atoms. The molecule has 0 fully saturated rings. The number of rotatable bonds is 3. The van der Waals surface area contributed by atoms with Crippen LogP contribution in [0.4, 0.5) is 12.9 Å². The zero-order valence-corrected chi connectivity index (χ0v) is 12.9. The molecular formula is C8H8BClF3KO2. The maximum absolute atomic E-state index is 12.5. The molecule has 0 saturated heterocycles. The molecular weight excluding hydrogens is 270 g/mol. The van der Waals surface area contributed by atoms with Crippen LogP contribution < -0.4 is 66.3 Å². The first kappa shape index (κ1) is 16.6. The predicted molar refractivity (Wildman–Crippen MR) is 53.3 cm³/mol. The van der Waals surface area contributed by atoms with Crippen molar-refractivity contribution in [1.29, 1.82) is 0 Å². The van der Waals surface area contributed by atoms with E-state index in [-0.39, 0.29) is 62.9 Å². The van der Waals surface area contributed by atoms with E-state index in [0.717, 1.165) is 6.07 Å². The Balaban J connectivity index is 0.00000225. The average Bonchev–Trinajstić information content (AvgIpc) is 2.16. The third-order valence-electron chi connectivity index (χ3n) is 1.85. The minimum atomic E-state index is -5.18. The molecule has 0 aliphatic rings. The fourth-order valence-electron chi connectivity index (χ4n) is 1.10. The maximum atomic E-state index is 12.5. The first-order valence-corrected chi connectivity index (χ1v) is 4.39. The Labute approximate surface area is 139 Å². The van der Waals surface area contributed by atoms with Crippen molar-refractivity contribution < 1.29 is 73.8 Å². The molecule has 1 aromatic rings. The van der Waals surface area contributed by atoms with Crippen LogP contribution in [0.25, 0.3) is 0 Å². The Morgan fingerprint density at radius 1 is 1.12 bits per heavy atom. The van der Waals surface area contributed by atoms with Crippen LogP contribution in [0.2, 0.25) is 5.02 Å². The molecule has 0 bridgehead atoms. The SMILES string of the molecule is COc1cc(OC)c(Cl)c([B-](F)(F)F)c1.[K+]. The first-order chi connectivity index (χ1) is 6.90. The van der Waals surface area contributed by atoms with Crippen molar-refractivity contribution >= 4 is 24.0 Å². The summed E-state index contributed by atoms with van der Waals surface area (Å²) in [4.78, 5) is 0. The third-order valence-corrected chi connectivity index (χ3v) is 2.25. The largest absolute Gasteiger partial charge is 1.00 e. The molecule has 1 aromatic carbocycles. The van der Waals surface area contributed by atoms with Crippen molar-refractivity contribution in [3.8, 4) is 11.5 Å². The molecule has 0 N–H and O–H groups in total. The number of hydrogen-bond donors (Lipinski definition) is 0. The molecule has 8 heteroatoms. The fourth-order valence-corrected chi connectivity index (χ4v) is 1.41. The van der Waals surface area contributed by atoms with Gasteiger partial charge in [-0.1, -0.05) is 17.1 Å². The molecule has 0 aliphatic heterocycles. The Hall–Kier alpha value is 0.601. The fraction of sp³-hybridized carbons (Fsp3) is 0.250. The Morgan fingerprint density at radius 3 is 2.06 bits per heavy atom. The molecule has 16 heavy (non-hydrogen) atoms. The van der Waals surface area contributed by atoms with Crippen LogP contribution in [-0.2, 0) is 0 Å². The number of halogens is 4. The van der Waals surface area contributed by atoms with Gasteiger partial charge in [-0.15, -0.1) is 0 Å². The Bertz CT molecular complexity index is 373. The van der Waals surface area contributed by atoms with E-state index in [1.54, 1.807) is 0 Å². The minimum absolute atomic E-state index is 0. The molecule has 84 valence electrons. The molecule has 0 heterocycles. The van der Waals surface area contributed by atoms with E-state index in [0.29, 0.717) is 0 Å². The van der Waals surface area contributed by atoms with Gasteiger partial charge in [-0.2, -0.15) is 0 Å². The van der Waals surface area contributed by atoms with E-state index in [9.17, 15) is 12.9 Å². The Kier molecular flexibility index (Phi) is 6.76. The second-order valence-electron chi connectivity index (χ2n) is 2.81. The first-order valence-electron chi connectivity index (χ1n) is 4.01. The van der Waals surface area contributed by atoms with Gasteiger partial charge < -0.3 is 22.4 Å². The molecule has 0 amide bonds. The molecule has 2 nitrogen and oxygen atoms in total. The van der Waals surface area contributed by atoms with Crippen LogP contribution in [0.3, 0.4) is 0 Å². The standard InChI is InChI=1S/C8H8BClF3O2.K/c1-14-5-3-6(9(11,12)13)8(10)7(4-5)15-2;/h3-4H,1-2H3;/q-1;+1. The summed E-state index contributed by atoms with van der Waals surface area (Å²) >= 11 is 5.54. The summed E-state index contributed by atoms with van der Waals surface area (Å²) in [5, 5.41) is -0.439. The maximum Gasteiger partial charge on any atom is 1.00 e. The molecule has 1 rings (SSSR count). The second-order valence-corrected chi connectivity index (χ2v) is 3.19. The monoisotopic (exact) mass is 278 g/mol. The van der Waals surface area contributed by atoms with Crippen molar-refractivity contribution in [2.45, 2.75) is 0 Å². The van der Waals surface area contributed by atoms with Gasteiger partial charge in [0.25, 0.3) is 0 Å². The topological polar surface area (TPSA) is 18.5 Å². The van der Waals surface area contributed by atoms with Crippen LogP contribution >= 0.6 is 11.6 Å². The zero-order valence-electron chi connectivity index (χ0n) is 9.06. The van der Waals surface area contributed by atoms with E-state index in [1.807, 2.05) is 0 Å². The number of benzene rings is 1. The van der Waals surface area contributed by atoms with E-state index in [2.05, 4.69) is 0 Å². The summed E-state index contributed by atoms with van der Waals surface area (Å²) in [6, 6.07) is 2.15. The van der Waals surface area contributed by atoms with Gasteiger partial charge in [0, 0.05) is 6.07 Å². The van der Waals surface area contributed by atoms with Gasteiger partial charge in [-0.05, 0) is 6.07 Å². The number of ether oxygens (including phenoxy) is 2. The van der Waals surface area contributed by atoms with Gasteiger partial charge in [-0.3, -0.25) is 0 Å². The van der Waals surface area contributed by atoms with Crippen molar-refractivity contribution in [1.82, 2.24) is 0 Å². The number of hydrogen-bond acceptors (Lipinski definition) is 2. The molecule has 0 aliphatic carbocycles. The summed E-state index contributed by atoms with van der Waals surface area (Å²) in [6.45, 7) is -5.18. The summed E-state index contributed by atoms with van der Waals surface area (Å²) in [6.07, 6.45) is 0. The van der Waals surface area contributed by atoms with Gasteiger partial charge >= 0.3 is 58.4 Å². The summed E-state index contributed by atoms with van der Waals surface area (Å²) in [7, 11) is 2.52. The molecule has 0 saturated carbocycles. The van der Waals surface area contributed by atoms with Crippen molar-refractivity contribution in [2.75, 3.05) is 14.2 Å². The smallest absolute Gasteiger partial charge is 0.497 e. The van der Waals surface area contributed by atoms with E-state index >= 15 is 0 Å². The third kappa shape index (κ3) is 3.82. The van der Waals surface area contributed by atoms with Gasteiger partial charge in [0.2, 0.25) is 0 Å². The normalized spacial score (nSPS) is 10.6. The molecule has 0 radical (unpaired) electrons. The van der Waals surface area contributed by atoms with E-state index in [1.165, 1.54) is 20.3 Å². The summed E-state index contributed by atoms with van der Waals surface area (Å²) in [5.41, 5.74) is -0.909. The van der Waals surface area contributed by atoms with Gasteiger partial charge in [0.15, 0.2) is 0 Å². The van der Waals surface area contributed by atoms with Crippen LogP contribution in [-0.4, -0.2) is 21.2 Å². The minimum Gasteiger partial charge on any atom is -0.497 e. The summed E-state index contributed by atoms with van der Waals surface area (Å²) in [5.74, 6) is 0.00988. The van der Waals surface area contributed by atoms with Crippen LogP contribution in [0.15, 0.2) is 12.1 Å². The van der Waals surface area contributed by atoms with E-state index in [4.69, 9.17) is 21.1 Å². The van der Waals surface area contributed by atoms with Gasteiger partial charge in [-0.25, -0.2) is 0 Å².